The maximum absolute atomic E-state index is 9.78. The van der Waals surface area contributed by atoms with Crippen LogP contribution in [-0.2, 0) is 0 Å². The van der Waals surface area contributed by atoms with Gasteiger partial charge in [0, 0.05) is 11.8 Å². The van der Waals surface area contributed by atoms with E-state index < -0.39 is 0 Å². The van der Waals surface area contributed by atoms with Crippen molar-refractivity contribution in [3.63, 3.8) is 0 Å². The molecule has 0 bridgehead atoms. The van der Waals surface area contributed by atoms with E-state index in [-0.39, 0.29) is 29.6 Å². The Morgan fingerprint density at radius 1 is 1.42 bits per heavy atom. The Balaban J connectivity index is 0.00000121. The minimum Gasteiger partial charge on any atom is -0.238 e. The minimum atomic E-state index is 0. The van der Waals surface area contributed by atoms with Gasteiger partial charge in [-0.15, -0.1) is 4.91 Å². The van der Waals surface area contributed by atoms with Crippen LogP contribution in [0.25, 0.3) is 0 Å². The van der Waals surface area contributed by atoms with Crippen LogP contribution in [0.1, 0.15) is 11.5 Å². The van der Waals surface area contributed by atoms with E-state index in [0.717, 1.165) is 5.69 Å². The van der Waals surface area contributed by atoms with Crippen molar-refractivity contribution in [2.75, 3.05) is 5.43 Å². The van der Waals surface area contributed by atoms with E-state index in [1.54, 1.807) is 13.0 Å². The molecular formula is C6H8N4NaO+. The number of hydrogen-bond donors (Lipinski definition) is 1. The average Bonchev–Trinajstić information content (AvgIpc) is 1.85. The van der Waals surface area contributed by atoms with E-state index in [4.69, 9.17) is 0 Å². The van der Waals surface area contributed by atoms with Gasteiger partial charge in [-0.05, 0) is 13.8 Å². The molecule has 0 amide bonds. The normalized spacial score (nSPS) is 8.50. The van der Waals surface area contributed by atoms with Crippen molar-refractivity contribution >= 4 is 5.82 Å². The second-order valence-electron chi connectivity index (χ2n) is 2.14. The van der Waals surface area contributed by atoms with Gasteiger partial charge in [0.25, 0.3) is 0 Å². The first-order valence-corrected chi connectivity index (χ1v) is 3.13. The summed E-state index contributed by atoms with van der Waals surface area (Å²) < 4.78 is 0. The maximum Gasteiger partial charge on any atom is 1.00 e. The molecule has 0 atom stereocenters. The van der Waals surface area contributed by atoms with E-state index in [9.17, 15) is 4.91 Å². The summed E-state index contributed by atoms with van der Waals surface area (Å²) in [5.74, 6) is 1.06. The van der Waals surface area contributed by atoms with Gasteiger partial charge in [-0.25, -0.2) is 15.4 Å². The molecule has 1 heterocycles. The smallest absolute Gasteiger partial charge is 0.238 e. The molecule has 6 heteroatoms. The fourth-order valence-corrected chi connectivity index (χ4v) is 0.821. The Labute approximate surface area is 92.2 Å². The summed E-state index contributed by atoms with van der Waals surface area (Å²) in [6.07, 6.45) is 0. The number of aryl methyl sites for hydroxylation is 2. The van der Waals surface area contributed by atoms with E-state index >= 15 is 0 Å². The van der Waals surface area contributed by atoms with Gasteiger partial charge in [0.2, 0.25) is 0 Å². The molecule has 12 heavy (non-hydrogen) atoms. The van der Waals surface area contributed by atoms with Crippen LogP contribution in [-0.4, -0.2) is 9.97 Å². The minimum absolute atomic E-state index is 0. The molecule has 1 aromatic heterocycles. The molecule has 0 spiro atoms. The number of nitrogens with zero attached hydrogens (tertiary/aromatic N) is 3. The summed E-state index contributed by atoms with van der Waals surface area (Å²) >= 11 is 0. The first kappa shape index (κ1) is 11.5. The zero-order valence-corrected chi connectivity index (χ0v) is 9.33. The molecule has 0 fully saturated rings. The monoisotopic (exact) mass is 175 g/mol. The third-order valence-electron chi connectivity index (χ3n) is 1.13. The van der Waals surface area contributed by atoms with Gasteiger partial charge in [-0.1, -0.05) is 0 Å². The maximum atomic E-state index is 9.78. The second-order valence-corrected chi connectivity index (χ2v) is 2.14. The fraction of sp³-hybridized carbons (Fsp3) is 0.333. The van der Waals surface area contributed by atoms with E-state index in [1.807, 2.05) is 6.92 Å². The summed E-state index contributed by atoms with van der Waals surface area (Å²) in [7, 11) is 0. The van der Waals surface area contributed by atoms with Crippen molar-refractivity contribution in [3.8, 4) is 0 Å². The summed E-state index contributed by atoms with van der Waals surface area (Å²) in [5.41, 5.74) is 3.02. The number of rotatable bonds is 2. The Kier molecular flexibility index (Phi) is 4.96. The van der Waals surface area contributed by atoms with E-state index in [2.05, 4.69) is 20.7 Å². The van der Waals surface area contributed by atoms with Gasteiger partial charge >= 0.3 is 29.6 Å². The van der Waals surface area contributed by atoms with Crippen LogP contribution in [0, 0.1) is 18.8 Å². The number of aromatic nitrogens is 2. The first-order valence-electron chi connectivity index (χ1n) is 3.13. The largest absolute Gasteiger partial charge is 1.00 e. The van der Waals surface area contributed by atoms with Crippen molar-refractivity contribution in [1.82, 2.24) is 9.97 Å². The van der Waals surface area contributed by atoms with Crippen LogP contribution in [0.4, 0.5) is 5.82 Å². The number of hydrogen-bond acceptors (Lipinski definition) is 4. The molecule has 0 unspecified atom stereocenters. The average molecular weight is 175 g/mol. The predicted molar refractivity (Wildman–Crippen MR) is 40.9 cm³/mol. The van der Waals surface area contributed by atoms with Gasteiger partial charge in [0.1, 0.15) is 5.82 Å². The summed E-state index contributed by atoms with van der Waals surface area (Å²) in [5, 5.41) is 2.50. The molecule has 0 radical (unpaired) electrons. The molecule has 0 aromatic carbocycles. The molecule has 0 saturated carbocycles. The van der Waals surface area contributed by atoms with Gasteiger partial charge in [-0.3, -0.25) is 0 Å². The van der Waals surface area contributed by atoms with Crippen molar-refractivity contribution in [1.29, 1.82) is 0 Å². The number of nitrogens with one attached hydrogen (secondary N) is 1. The predicted octanol–water partition coefficient (Wildman–Crippen LogP) is -1.81. The topological polar surface area (TPSA) is 67.2 Å². The standard InChI is InChI=1S/C6H8N4O.Na/c1-4-3-6(9-10-11)8-5(2)7-4;/h3H,1-2H3,(H,7,8,9,11);/q;+1. The molecule has 0 saturated heterocycles. The van der Waals surface area contributed by atoms with Gasteiger partial charge < -0.3 is 0 Å². The van der Waals surface area contributed by atoms with Crippen LogP contribution >= 0.6 is 0 Å². The molecular weight excluding hydrogens is 167 g/mol. The Bertz CT molecular complexity index is 258. The molecule has 0 aliphatic rings. The molecule has 1 aromatic rings. The zero-order chi connectivity index (χ0) is 8.27. The van der Waals surface area contributed by atoms with Crippen molar-refractivity contribution in [2.45, 2.75) is 13.8 Å². The third-order valence-corrected chi connectivity index (χ3v) is 1.13. The summed E-state index contributed by atoms with van der Waals surface area (Å²) in [6, 6.07) is 1.65. The third kappa shape index (κ3) is 3.25. The molecule has 5 nitrogen and oxygen atoms in total. The van der Waals surface area contributed by atoms with Crippen molar-refractivity contribution in [2.24, 2.45) is 5.29 Å². The molecule has 58 valence electrons. The van der Waals surface area contributed by atoms with E-state index in [1.165, 1.54) is 0 Å². The summed E-state index contributed by atoms with van der Waals surface area (Å²) in [6.45, 7) is 3.58. The Morgan fingerprint density at radius 3 is 2.58 bits per heavy atom. The van der Waals surface area contributed by atoms with Gasteiger partial charge in [0.05, 0.1) is 5.29 Å². The van der Waals surface area contributed by atoms with Crippen LogP contribution < -0.4 is 35.0 Å². The first-order chi connectivity index (χ1) is 5.22. The number of nitroso groups, excluding NO2 is 1. The number of anilines is 1. The molecule has 1 N–H and O–H groups in total. The Morgan fingerprint density at radius 2 is 2.08 bits per heavy atom. The quantitative estimate of drug-likeness (QED) is 0.327. The molecule has 0 aliphatic carbocycles. The van der Waals surface area contributed by atoms with E-state index in [0.29, 0.717) is 11.6 Å². The molecule has 0 aliphatic heterocycles. The second kappa shape index (κ2) is 5.18. The van der Waals surface area contributed by atoms with Crippen LogP contribution in [0.15, 0.2) is 11.4 Å². The van der Waals surface area contributed by atoms with Gasteiger partial charge in [-0.2, -0.15) is 0 Å². The van der Waals surface area contributed by atoms with Crippen molar-refractivity contribution in [3.05, 3.63) is 22.5 Å². The SMILES string of the molecule is Cc1cc(NN=O)nc(C)n1.[Na+]. The summed E-state index contributed by atoms with van der Waals surface area (Å²) in [4.78, 5) is 17.7. The van der Waals surface area contributed by atoms with Crippen LogP contribution in [0.5, 0.6) is 0 Å². The fourth-order valence-electron chi connectivity index (χ4n) is 0.821. The Hall–Kier alpha value is -0.520. The van der Waals surface area contributed by atoms with Crippen LogP contribution in [0.3, 0.4) is 0 Å². The van der Waals surface area contributed by atoms with Crippen molar-refractivity contribution < 1.29 is 29.6 Å². The zero-order valence-electron chi connectivity index (χ0n) is 7.33. The molecule has 1 rings (SSSR count). The van der Waals surface area contributed by atoms with Gasteiger partial charge in [0.15, 0.2) is 5.82 Å². The van der Waals surface area contributed by atoms with Crippen LogP contribution in [0.2, 0.25) is 0 Å².